The smallest absolute Gasteiger partial charge is 0.321 e. The molecule has 7 heteroatoms. The van der Waals surface area contributed by atoms with E-state index in [1.54, 1.807) is 4.90 Å². The van der Waals surface area contributed by atoms with Gasteiger partial charge in [-0.3, -0.25) is 4.79 Å². The number of nitrogens with one attached hydrogen (secondary N) is 1. The fourth-order valence-corrected chi connectivity index (χ4v) is 2.90. The van der Waals surface area contributed by atoms with E-state index >= 15 is 0 Å². The molecule has 3 rings (SSSR count). The largest absolute Gasteiger partial charge is 0.375 e. The lowest BCUT2D eigenvalue weighted by atomic mass is 9.84. The Bertz CT molecular complexity index is 606. The van der Waals surface area contributed by atoms with Crippen LogP contribution in [-0.2, 0) is 4.74 Å². The first-order chi connectivity index (χ1) is 10.5. The first kappa shape index (κ1) is 14.8. The summed E-state index contributed by atoms with van der Waals surface area (Å²) in [5.41, 5.74) is 5.18. The van der Waals surface area contributed by atoms with Crippen LogP contribution in [0.25, 0.3) is 0 Å². The second-order valence-electron chi connectivity index (χ2n) is 5.76. The Kier molecular flexibility index (Phi) is 3.74. The molecule has 0 bridgehead atoms. The number of ether oxygens (including phenoxy) is 1. The summed E-state index contributed by atoms with van der Waals surface area (Å²) in [4.78, 5) is 25.0. The molecular formula is C15H18FN3O3. The topological polar surface area (TPSA) is 84.7 Å². The Morgan fingerprint density at radius 1 is 1.27 bits per heavy atom. The van der Waals surface area contributed by atoms with Crippen molar-refractivity contribution < 1.29 is 18.7 Å². The highest BCUT2D eigenvalue weighted by Crippen LogP contribution is 2.36. The van der Waals surface area contributed by atoms with E-state index in [0.29, 0.717) is 18.8 Å². The van der Waals surface area contributed by atoms with Gasteiger partial charge in [-0.05, 0) is 37.5 Å². The normalized spacial score (nSPS) is 19.6. The number of nitrogens with two attached hydrogens (primary N) is 1. The molecule has 2 saturated heterocycles. The van der Waals surface area contributed by atoms with Crippen molar-refractivity contribution in [1.82, 2.24) is 4.90 Å². The van der Waals surface area contributed by atoms with Crippen molar-refractivity contribution in [2.75, 3.05) is 25.0 Å². The average molecular weight is 307 g/mol. The van der Waals surface area contributed by atoms with Crippen molar-refractivity contribution in [1.29, 1.82) is 0 Å². The fraction of sp³-hybridized carbons (Fsp3) is 0.467. The summed E-state index contributed by atoms with van der Waals surface area (Å²) in [7, 11) is 0. The summed E-state index contributed by atoms with van der Waals surface area (Å²) in [6.07, 6.45) is 2.72. The molecule has 118 valence electrons. The number of carbonyl (C=O) groups is 2. The molecule has 2 heterocycles. The maximum atomic E-state index is 13.4. The lowest BCUT2D eigenvalue weighted by molar-refractivity contribution is -0.168. The van der Waals surface area contributed by atoms with Crippen LogP contribution in [0.3, 0.4) is 0 Å². The number of halogens is 1. The molecule has 0 atom stereocenters. The summed E-state index contributed by atoms with van der Waals surface area (Å²) >= 11 is 0. The fourth-order valence-electron chi connectivity index (χ4n) is 2.90. The third-order valence-corrected chi connectivity index (χ3v) is 4.41. The number of likely N-dealkylation sites (tertiary alicyclic amines) is 1. The van der Waals surface area contributed by atoms with Gasteiger partial charge in [-0.25, -0.2) is 9.18 Å². The lowest BCUT2D eigenvalue weighted by Crippen LogP contribution is -2.54. The van der Waals surface area contributed by atoms with Gasteiger partial charge in [0.15, 0.2) is 0 Å². The van der Waals surface area contributed by atoms with E-state index in [1.165, 1.54) is 12.1 Å². The van der Waals surface area contributed by atoms with Gasteiger partial charge in [0.25, 0.3) is 5.91 Å². The number of primary amides is 1. The van der Waals surface area contributed by atoms with Crippen LogP contribution in [0.5, 0.6) is 0 Å². The van der Waals surface area contributed by atoms with Crippen LogP contribution in [0.4, 0.5) is 14.9 Å². The van der Waals surface area contributed by atoms with Crippen molar-refractivity contribution >= 4 is 17.6 Å². The second kappa shape index (κ2) is 5.57. The third kappa shape index (κ3) is 2.76. The molecule has 2 fully saturated rings. The molecule has 1 spiro atoms. The maximum Gasteiger partial charge on any atom is 0.321 e. The first-order valence-corrected chi connectivity index (χ1v) is 7.28. The number of rotatable bonds is 2. The van der Waals surface area contributed by atoms with Crippen molar-refractivity contribution in [3.05, 3.63) is 29.6 Å². The van der Waals surface area contributed by atoms with Crippen LogP contribution < -0.4 is 11.1 Å². The van der Waals surface area contributed by atoms with Crippen molar-refractivity contribution in [2.45, 2.75) is 24.9 Å². The number of urea groups is 1. The van der Waals surface area contributed by atoms with Gasteiger partial charge in [-0.2, -0.15) is 0 Å². The molecule has 0 saturated carbocycles. The van der Waals surface area contributed by atoms with Gasteiger partial charge >= 0.3 is 6.03 Å². The van der Waals surface area contributed by atoms with E-state index in [2.05, 4.69) is 5.32 Å². The molecule has 2 aliphatic heterocycles. The highest BCUT2D eigenvalue weighted by atomic mass is 19.1. The summed E-state index contributed by atoms with van der Waals surface area (Å²) in [6.45, 7) is 2.04. The lowest BCUT2D eigenvalue weighted by Gasteiger charge is -2.47. The standard InChI is InChI=1S/C15H18FN3O3/c16-12-2-1-10(9-11(12)13(17)20)18-14(21)19-6-3-15(4-7-19)5-8-22-15/h1-2,9H,3-8H2,(H2,17,20)(H,18,21). The number of nitrogens with zero attached hydrogens (tertiary/aromatic N) is 1. The average Bonchev–Trinajstić information content (AvgIpc) is 2.47. The summed E-state index contributed by atoms with van der Waals surface area (Å²) < 4.78 is 19.0. The minimum absolute atomic E-state index is 0.0220. The van der Waals surface area contributed by atoms with E-state index in [-0.39, 0.29) is 17.2 Å². The molecule has 6 nitrogen and oxygen atoms in total. The summed E-state index contributed by atoms with van der Waals surface area (Å²) in [6, 6.07) is 3.50. The number of piperidine rings is 1. The Morgan fingerprint density at radius 3 is 2.50 bits per heavy atom. The van der Waals surface area contributed by atoms with Crippen LogP contribution in [0.2, 0.25) is 0 Å². The van der Waals surface area contributed by atoms with Gasteiger partial charge in [-0.1, -0.05) is 0 Å². The third-order valence-electron chi connectivity index (χ3n) is 4.41. The van der Waals surface area contributed by atoms with Gasteiger partial charge in [0.05, 0.1) is 17.8 Å². The summed E-state index contributed by atoms with van der Waals surface area (Å²) in [5.74, 6) is -1.57. The molecule has 0 radical (unpaired) electrons. The van der Waals surface area contributed by atoms with E-state index in [9.17, 15) is 14.0 Å². The van der Waals surface area contributed by atoms with Crippen LogP contribution in [0.15, 0.2) is 18.2 Å². The SMILES string of the molecule is NC(=O)c1cc(NC(=O)N2CCC3(CCO3)CC2)ccc1F. The number of amides is 3. The van der Waals surface area contributed by atoms with Crippen molar-refractivity contribution in [3.63, 3.8) is 0 Å². The number of hydrogen-bond acceptors (Lipinski definition) is 3. The molecule has 0 aliphatic carbocycles. The molecule has 0 aromatic heterocycles. The monoisotopic (exact) mass is 307 g/mol. The molecule has 0 unspecified atom stereocenters. The number of hydrogen-bond donors (Lipinski definition) is 2. The van der Waals surface area contributed by atoms with Crippen molar-refractivity contribution in [2.24, 2.45) is 5.73 Å². The summed E-state index contributed by atoms with van der Waals surface area (Å²) in [5, 5.41) is 2.67. The first-order valence-electron chi connectivity index (χ1n) is 7.28. The molecule has 2 aliphatic rings. The predicted octanol–water partition coefficient (Wildman–Crippen LogP) is 1.71. The minimum Gasteiger partial charge on any atom is -0.375 e. The number of benzene rings is 1. The van der Waals surface area contributed by atoms with Crippen LogP contribution >= 0.6 is 0 Å². The minimum atomic E-state index is -0.865. The maximum absolute atomic E-state index is 13.4. The second-order valence-corrected chi connectivity index (χ2v) is 5.76. The zero-order valence-electron chi connectivity index (χ0n) is 12.1. The highest BCUT2D eigenvalue weighted by molar-refractivity contribution is 5.96. The van der Waals surface area contributed by atoms with Crippen molar-refractivity contribution in [3.8, 4) is 0 Å². The molecular weight excluding hydrogens is 289 g/mol. The highest BCUT2D eigenvalue weighted by Gasteiger charge is 2.41. The van der Waals surface area contributed by atoms with E-state index in [0.717, 1.165) is 31.9 Å². The zero-order chi connectivity index (χ0) is 15.7. The zero-order valence-corrected chi connectivity index (χ0v) is 12.1. The quantitative estimate of drug-likeness (QED) is 0.872. The van der Waals surface area contributed by atoms with Gasteiger partial charge < -0.3 is 20.7 Å². The van der Waals surface area contributed by atoms with Crippen LogP contribution in [0, 0.1) is 5.82 Å². The Balaban J connectivity index is 1.62. The van der Waals surface area contributed by atoms with Crippen LogP contribution in [-0.4, -0.2) is 42.1 Å². The van der Waals surface area contributed by atoms with Gasteiger partial charge in [0.1, 0.15) is 5.82 Å². The van der Waals surface area contributed by atoms with E-state index < -0.39 is 11.7 Å². The number of anilines is 1. The Labute approximate surface area is 127 Å². The van der Waals surface area contributed by atoms with Gasteiger partial charge in [-0.15, -0.1) is 0 Å². The molecule has 22 heavy (non-hydrogen) atoms. The van der Waals surface area contributed by atoms with Gasteiger partial charge in [0.2, 0.25) is 0 Å². The number of carbonyl (C=O) groups excluding carboxylic acids is 2. The molecule has 3 amide bonds. The van der Waals surface area contributed by atoms with E-state index in [1.807, 2.05) is 0 Å². The molecule has 1 aromatic rings. The van der Waals surface area contributed by atoms with E-state index in [4.69, 9.17) is 10.5 Å². The Morgan fingerprint density at radius 2 is 1.95 bits per heavy atom. The van der Waals surface area contributed by atoms with Gasteiger partial charge in [0, 0.05) is 18.8 Å². The van der Waals surface area contributed by atoms with Crippen LogP contribution in [0.1, 0.15) is 29.6 Å². The molecule has 1 aromatic carbocycles. The Hall–Kier alpha value is -2.15. The molecule has 3 N–H and O–H groups in total. The predicted molar refractivity (Wildman–Crippen MR) is 78.0 cm³/mol.